The highest BCUT2D eigenvalue weighted by Crippen LogP contribution is 2.17. The number of rotatable bonds is 7. The molecule has 3 aromatic rings. The summed E-state index contributed by atoms with van der Waals surface area (Å²) in [4.78, 5) is 12.1. The fourth-order valence-corrected chi connectivity index (χ4v) is 3.02. The van der Waals surface area contributed by atoms with Crippen LogP contribution >= 0.6 is 11.6 Å². The second kappa shape index (κ2) is 8.73. The highest BCUT2D eigenvalue weighted by atomic mass is 35.5. The SMILES string of the molecule is Cc1nn(Cc2ccccc2)c(C)c1CNC(=O)COc1cccc(Cl)c1. The van der Waals surface area contributed by atoms with Crippen LogP contribution in [0.4, 0.5) is 0 Å². The van der Waals surface area contributed by atoms with E-state index in [1.165, 1.54) is 5.56 Å². The van der Waals surface area contributed by atoms with E-state index in [-0.39, 0.29) is 12.5 Å². The van der Waals surface area contributed by atoms with Crippen LogP contribution in [0.3, 0.4) is 0 Å². The summed E-state index contributed by atoms with van der Waals surface area (Å²) < 4.78 is 7.43. The molecule has 0 bridgehead atoms. The normalized spacial score (nSPS) is 10.6. The van der Waals surface area contributed by atoms with E-state index < -0.39 is 0 Å². The quantitative estimate of drug-likeness (QED) is 0.673. The van der Waals surface area contributed by atoms with Gasteiger partial charge >= 0.3 is 0 Å². The zero-order chi connectivity index (χ0) is 19.2. The molecule has 1 heterocycles. The standard InChI is InChI=1S/C21H22ClN3O2/c1-15-20(16(2)25(24-15)13-17-7-4-3-5-8-17)12-23-21(26)14-27-19-10-6-9-18(22)11-19/h3-11H,12-14H2,1-2H3,(H,23,26). The van der Waals surface area contributed by atoms with Gasteiger partial charge in [0.15, 0.2) is 6.61 Å². The van der Waals surface area contributed by atoms with Crippen LogP contribution in [0.15, 0.2) is 54.6 Å². The first-order valence-electron chi connectivity index (χ1n) is 8.75. The molecule has 1 amide bonds. The largest absolute Gasteiger partial charge is 0.484 e. The number of carbonyl (C=O) groups is 1. The van der Waals surface area contributed by atoms with E-state index in [9.17, 15) is 4.79 Å². The smallest absolute Gasteiger partial charge is 0.258 e. The van der Waals surface area contributed by atoms with Crippen LogP contribution in [-0.4, -0.2) is 22.3 Å². The molecule has 27 heavy (non-hydrogen) atoms. The number of benzene rings is 2. The monoisotopic (exact) mass is 383 g/mol. The van der Waals surface area contributed by atoms with Crippen molar-refractivity contribution in [3.05, 3.63) is 82.1 Å². The predicted molar refractivity (Wildman–Crippen MR) is 106 cm³/mol. The van der Waals surface area contributed by atoms with Crippen molar-refractivity contribution in [2.24, 2.45) is 0 Å². The van der Waals surface area contributed by atoms with Gasteiger partial charge in [0.25, 0.3) is 5.91 Å². The lowest BCUT2D eigenvalue weighted by Gasteiger charge is -2.09. The Morgan fingerprint density at radius 1 is 1.15 bits per heavy atom. The number of aryl methyl sites for hydroxylation is 1. The fourth-order valence-electron chi connectivity index (χ4n) is 2.84. The number of hydrogen-bond acceptors (Lipinski definition) is 3. The second-order valence-corrected chi connectivity index (χ2v) is 6.75. The molecule has 0 aliphatic heterocycles. The number of ether oxygens (including phenoxy) is 1. The summed E-state index contributed by atoms with van der Waals surface area (Å²) in [5.74, 6) is 0.380. The summed E-state index contributed by atoms with van der Waals surface area (Å²) in [7, 11) is 0. The Balaban J connectivity index is 1.56. The van der Waals surface area contributed by atoms with Crippen LogP contribution in [0, 0.1) is 13.8 Å². The minimum atomic E-state index is -0.190. The highest BCUT2D eigenvalue weighted by Gasteiger charge is 2.13. The molecule has 0 saturated heterocycles. The third-order valence-corrected chi connectivity index (χ3v) is 4.57. The maximum Gasteiger partial charge on any atom is 0.258 e. The Morgan fingerprint density at radius 3 is 2.67 bits per heavy atom. The third kappa shape index (κ3) is 5.11. The van der Waals surface area contributed by atoms with E-state index >= 15 is 0 Å². The lowest BCUT2D eigenvalue weighted by molar-refractivity contribution is -0.123. The average Bonchev–Trinajstić information content (AvgIpc) is 2.92. The molecule has 0 aliphatic rings. The molecule has 0 atom stereocenters. The highest BCUT2D eigenvalue weighted by molar-refractivity contribution is 6.30. The molecule has 2 aromatic carbocycles. The van der Waals surface area contributed by atoms with Gasteiger partial charge in [-0.15, -0.1) is 0 Å². The first kappa shape index (κ1) is 19.0. The van der Waals surface area contributed by atoms with Crippen molar-refractivity contribution in [2.45, 2.75) is 26.9 Å². The Labute approximate surface area is 163 Å². The zero-order valence-electron chi connectivity index (χ0n) is 15.4. The van der Waals surface area contributed by atoms with Gasteiger partial charge in [0.05, 0.1) is 12.2 Å². The first-order chi connectivity index (χ1) is 13.0. The molecule has 0 aliphatic carbocycles. The van der Waals surface area contributed by atoms with Gasteiger partial charge in [-0.25, -0.2) is 0 Å². The fraction of sp³-hybridized carbons (Fsp3) is 0.238. The van der Waals surface area contributed by atoms with Gasteiger partial charge in [-0.3, -0.25) is 9.48 Å². The van der Waals surface area contributed by atoms with Gasteiger partial charge in [-0.1, -0.05) is 48.0 Å². The summed E-state index contributed by atoms with van der Waals surface area (Å²) in [5.41, 5.74) is 4.18. The molecular formula is C21H22ClN3O2. The molecule has 0 saturated carbocycles. The van der Waals surface area contributed by atoms with Gasteiger partial charge in [0.1, 0.15) is 5.75 Å². The third-order valence-electron chi connectivity index (χ3n) is 4.33. The molecule has 1 N–H and O–H groups in total. The molecule has 3 rings (SSSR count). The van der Waals surface area contributed by atoms with Crippen molar-refractivity contribution < 1.29 is 9.53 Å². The first-order valence-corrected chi connectivity index (χ1v) is 9.12. The predicted octanol–water partition coefficient (Wildman–Crippen LogP) is 3.90. The van der Waals surface area contributed by atoms with Gasteiger partial charge in [-0.05, 0) is 37.6 Å². The van der Waals surface area contributed by atoms with Crippen LogP contribution < -0.4 is 10.1 Å². The van der Waals surface area contributed by atoms with E-state index in [4.69, 9.17) is 16.3 Å². The van der Waals surface area contributed by atoms with Crippen LogP contribution in [0.2, 0.25) is 5.02 Å². The Hall–Kier alpha value is -2.79. The van der Waals surface area contributed by atoms with Gasteiger partial charge < -0.3 is 10.1 Å². The summed E-state index contributed by atoms with van der Waals surface area (Å²) in [6, 6.07) is 17.2. The topological polar surface area (TPSA) is 56.2 Å². The summed E-state index contributed by atoms with van der Waals surface area (Å²) in [6.45, 7) is 5.05. The van der Waals surface area contributed by atoms with Gasteiger partial charge in [0, 0.05) is 22.8 Å². The molecule has 0 radical (unpaired) electrons. The molecule has 0 spiro atoms. The van der Waals surface area contributed by atoms with Crippen LogP contribution in [0.25, 0.3) is 0 Å². The lowest BCUT2D eigenvalue weighted by atomic mass is 10.2. The van der Waals surface area contributed by atoms with E-state index in [2.05, 4.69) is 22.5 Å². The van der Waals surface area contributed by atoms with Crippen molar-refractivity contribution in [3.63, 3.8) is 0 Å². The number of amides is 1. The maximum absolute atomic E-state index is 12.1. The van der Waals surface area contributed by atoms with Crippen LogP contribution in [0.5, 0.6) is 5.75 Å². The number of hydrogen-bond donors (Lipinski definition) is 1. The molecule has 6 heteroatoms. The molecule has 0 unspecified atom stereocenters. The van der Waals surface area contributed by atoms with Crippen molar-refractivity contribution in [1.82, 2.24) is 15.1 Å². The molecule has 140 valence electrons. The summed E-state index contributed by atoms with van der Waals surface area (Å²) in [5, 5.41) is 8.07. The van der Waals surface area contributed by atoms with Crippen LogP contribution in [-0.2, 0) is 17.9 Å². The van der Waals surface area contributed by atoms with E-state index in [0.29, 0.717) is 23.9 Å². The molecular weight excluding hydrogens is 362 g/mol. The average molecular weight is 384 g/mol. The minimum absolute atomic E-state index is 0.0589. The number of halogens is 1. The maximum atomic E-state index is 12.1. The summed E-state index contributed by atoms with van der Waals surface area (Å²) in [6.07, 6.45) is 0. The molecule has 1 aromatic heterocycles. The number of nitrogens with zero attached hydrogens (tertiary/aromatic N) is 2. The Bertz CT molecular complexity index is 922. The van der Waals surface area contributed by atoms with Crippen molar-refractivity contribution in [2.75, 3.05) is 6.61 Å². The molecule has 5 nitrogen and oxygen atoms in total. The van der Waals surface area contributed by atoms with Crippen LogP contribution in [0.1, 0.15) is 22.5 Å². The zero-order valence-corrected chi connectivity index (χ0v) is 16.2. The number of carbonyl (C=O) groups excluding carboxylic acids is 1. The van der Waals surface area contributed by atoms with E-state index in [1.807, 2.05) is 36.7 Å². The number of nitrogens with one attached hydrogen (secondary N) is 1. The lowest BCUT2D eigenvalue weighted by Crippen LogP contribution is -2.28. The Morgan fingerprint density at radius 2 is 1.93 bits per heavy atom. The minimum Gasteiger partial charge on any atom is -0.484 e. The van der Waals surface area contributed by atoms with E-state index in [0.717, 1.165) is 17.0 Å². The Kier molecular flexibility index (Phi) is 6.14. The number of aromatic nitrogens is 2. The van der Waals surface area contributed by atoms with Gasteiger partial charge in [-0.2, -0.15) is 5.10 Å². The van der Waals surface area contributed by atoms with Crippen molar-refractivity contribution in [3.8, 4) is 5.75 Å². The second-order valence-electron chi connectivity index (χ2n) is 6.32. The van der Waals surface area contributed by atoms with Crippen molar-refractivity contribution in [1.29, 1.82) is 0 Å². The summed E-state index contributed by atoms with van der Waals surface area (Å²) >= 11 is 5.91. The van der Waals surface area contributed by atoms with Crippen molar-refractivity contribution >= 4 is 17.5 Å². The van der Waals surface area contributed by atoms with Gasteiger partial charge in [0.2, 0.25) is 0 Å². The van der Waals surface area contributed by atoms with E-state index in [1.54, 1.807) is 24.3 Å². The molecule has 0 fully saturated rings.